The van der Waals surface area contributed by atoms with Crippen LogP contribution in [0, 0.1) is 0 Å². The van der Waals surface area contributed by atoms with E-state index in [1.54, 1.807) is 17.1 Å². The van der Waals surface area contributed by atoms with Crippen molar-refractivity contribution in [1.29, 1.82) is 0 Å². The molecule has 1 N–H and O–H groups in total. The first kappa shape index (κ1) is 14.4. The van der Waals surface area contributed by atoms with Gasteiger partial charge < -0.3 is 0 Å². The minimum Gasteiger partial charge on any atom is -0.253 e. The van der Waals surface area contributed by atoms with Crippen LogP contribution in [0.2, 0.25) is 0 Å². The van der Waals surface area contributed by atoms with Crippen molar-refractivity contribution in [2.24, 2.45) is 0 Å². The Kier molecular flexibility index (Phi) is 5.03. The van der Waals surface area contributed by atoms with Crippen molar-refractivity contribution in [2.75, 3.05) is 6.54 Å². The Hall–Kier alpha value is -1.99. The highest BCUT2D eigenvalue weighted by atomic mass is 32.2. The molecule has 0 aliphatic heterocycles. The molecule has 1 heterocycles. The number of hydrogen-bond donors (Lipinski definition) is 1. The number of benzene rings is 1. The van der Waals surface area contributed by atoms with Gasteiger partial charge in [-0.25, -0.2) is 18.1 Å². The van der Waals surface area contributed by atoms with Crippen LogP contribution in [0.5, 0.6) is 0 Å². The molecule has 0 amide bonds. The Balaban J connectivity index is 1.78. The predicted octanol–water partition coefficient (Wildman–Crippen LogP) is 1.26. The van der Waals surface area contributed by atoms with Gasteiger partial charge in [-0.05, 0) is 18.1 Å². The maximum absolute atomic E-state index is 11.7. The third-order valence-electron chi connectivity index (χ3n) is 2.57. The van der Waals surface area contributed by atoms with E-state index in [1.807, 2.05) is 30.3 Å². The third-order valence-corrected chi connectivity index (χ3v) is 3.67. The van der Waals surface area contributed by atoms with Crippen LogP contribution in [0.15, 0.2) is 48.4 Å². The lowest BCUT2D eigenvalue weighted by Gasteiger charge is -2.03. The average Bonchev–Trinajstić information content (AvgIpc) is 2.96. The first-order valence-electron chi connectivity index (χ1n) is 6.21. The van der Waals surface area contributed by atoms with Gasteiger partial charge >= 0.3 is 0 Å². The highest BCUT2D eigenvalue weighted by Crippen LogP contribution is 2.02. The molecule has 0 spiro atoms. The van der Waals surface area contributed by atoms with Gasteiger partial charge in [-0.2, -0.15) is 5.10 Å². The summed E-state index contributed by atoms with van der Waals surface area (Å²) in [5, 5.41) is 5.12. The van der Waals surface area contributed by atoms with Crippen LogP contribution in [0.4, 0.5) is 0 Å². The molecular weight excluding hydrogens is 276 g/mol. The lowest BCUT2D eigenvalue weighted by atomic mass is 10.2. The molecule has 1 aromatic carbocycles. The molecule has 2 aromatic rings. The summed E-state index contributed by atoms with van der Waals surface area (Å²) in [4.78, 5) is 3.81. The summed E-state index contributed by atoms with van der Waals surface area (Å²) in [6.45, 7) is 0.992. The van der Waals surface area contributed by atoms with E-state index in [0.717, 1.165) is 5.56 Å². The van der Waals surface area contributed by atoms with Gasteiger partial charge in [0.15, 0.2) is 0 Å². The molecule has 0 saturated heterocycles. The van der Waals surface area contributed by atoms with Crippen molar-refractivity contribution in [2.45, 2.75) is 13.0 Å². The second-order valence-corrected chi connectivity index (χ2v) is 5.82. The van der Waals surface area contributed by atoms with E-state index < -0.39 is 10.0 Å². The predicted molar refractivity (Wildman–Crippen MR) is 77.0 cm³/mol. The van der Waals surface area contributed by atoms with Gasteiger partial charge in [0.25, 0.3) is 0 Å². The average molecular weight is 292 g/mol. The lowest BCUT2D eigenvalue weighted by molar-refractivity contribution is 0.557. The summed E-state index contributed by atoms with van der Waals surface area (Å²) in [5.41, 5.74) is 0.848. The Labute approximate surface area is 118 Å². The molecule has 7 heteroatoms. The van der Waals surface area contributed by atoms with E-state index >= 15 is 0 Å². The van der Waals surface area contributed by atoms with Crippen molar-refractivity contribution < 1.29 is 8.42 Å². The minimum atomic E-state index is -3.40. The fourth-order valence-corrected chi connectivity index (χ4v) is 2.45. The minimum absolute atomic E-state index is 0.362. The van der Waals surface area contributed by atoms with Gasteiger partial charge in [0.1, 0.15) is 12.7 Å². The van der Waals surface area contributed by atoms with E-state index in [4.69, 9.17) is 0 Å². The van der Waals surface area contributed by atoms with Crippen molar-refractivity contribution in [3.05, 3.63) is 54.0 Å². The number of rotatable bonds is 7. The Morgan fingerprint density at radius 3 is 2.75 bits per heavy atom. The van der Waals surface area contributed by atoms with Gasteiger partial charge in [-0.1, -0.05) is 30.3 Å². The van der Waals surface area contributed by atoms with Crippen LogP contribution in [0.1, 0.15) is 12.0 Å². The zero-order valence-corrected chi connectivity index (χ0v) is 11.7. The van der Waals surface area contributed by atoms with Crippen molar-refractivity contribution >= 4 is 16.1 Å². The van der Waals surface area contributed by atoms with Crippen LogP contribution < -0.4 is 4.72 Å². The molecule has 2 rings (SSSR count). The van der Waals surface area contributed by atoms with Gasteiger partial charge in [0.2, 0.25) is 10.0 Å². The molecule has 106 valence electrons. The topological polar surface area (TPSA) is 76.9 Å². The Morgan fingerprint density at radius 2 is 2.05 bits per heavy atom. The Bertz CT molecular complexity index is 636. The zero-order valence-electron chi connectivity index (χ0n) is 10.9. The first-order valence-corrected chi connectivity index (χ1v) is 7.75. The molecule has 0 aliphatic rings. The number of nitrogens with one attached hydrogen (secondary N) is 1. The lowest BCUT2D eigenvalue weighted by Crippen LogP contribution is -2.23. The van der Waals surface area contributed by atoms with Gasteiger partial charge in [0, 0.05) is 18.5 Å². The van der Waals surface area contributed by atoms with E-state index in [1.165, 1.54) is 11.7 Å². The number of aryl methyl sites for hydroxylation is 1. The smallest absolute Gasteiger partial charge is 0.233 e. The molecule has 0 radical (unpaired) electrons. The number of nitrogens with zero attached hydrogens (tertiary/aromatic N) is 3. The Morgan fingerprint density at radius 1 is 1.25 bits per heavy atom. The van der Waals surface area contributed by atoms with Crippen LogP contribution in [-0.4, -0.2) is 29.7 Å². The van der Waals surface area contributed by atoms with Gasteiger partial charge in [-0.15, -0.1) is 0 Å². The maximum atomic E-state index is 11.7. The quantitative estimate of drug-likeness (QED) is 0.779. The summed E-state index contributed by atoms with van der Waals surface area (Å²) in [6, 6.07) is 9.29. The van der Waals surface area contributed by atoms with Gasteiger partial charge in [-0.3, -0.25) is 4.68 Å². The standard InChI is InChI=1S/C13H16N4O2S/c18-20(19,10-7-13-5-2-1-3-6-13)16-8-4-9-17-12-14-11-15-17/h1-3,5-7,10-12,16H,4,8-9H2. The number of sulfonamides is 1. The fraction of sp³-hybridized carbons (Fsp3) is 0.231. The second kappa shape index (κ2) is 6.97. The molecule has 0 saturated carbocycles. The summed E-state index contributed by atoms with van der Waals surface area (Å²) in [7, 11) is -3.40. The molecule has 6 nitrogen and oxygen atoms in total. The number of aromatic nitrogens is 3. The van der Waals surface area contributed by atoms with Gasteiger partial charge in [0.05, 0.1) is 0 Å². The van der Waals surface area contributed by atoms with Crippen molar-refractivity contribution in [3.8, 4) is 0 Å². The largest absolute Gasteiger partial charge is 0.253 e. The maximum Gasteiger partial charge on any atom is 0.233 e. The summed E-state index contributed by atoms with van der Waals surface area (Å²) in [6.07, 6.45) is 5.28. The molecule has 1 aromatic heterocycles. The third kappa shape index (κ3) is 4.94. The van der Waals surface area contributed by atoms with E-state index in [2.05, 4.69) is 14.8 Å². The normalized spacial score (nSPS) is 12.0. The first-order chi connectivity index (χ1) is 9.66. The molecule has 20 heavy (non-hydrogen) atoms. The fourth-order valence-electron chi connectivity index (χ4n) is 1.58. The van der Waals surface area contributed by atoms with Crippen molar-refractivity contribution in [3.63, 3.8) is 0 Å². The highest BCUT2D eigenvalue weighted by Gasteiger charge is 2.03. The summed E-state index contributed by atoms with van der Waals surface area (Å²) in [5.74, 6) is 0. The molecule has 0 unspecified atom stereocenters. The van der Waals surface area contributed by atoms with Crippen LogP contribution in [0.25, 0.3) is 6.08 Å². The SMILES string of the molecule is O=S(=O)(C=Cc1ccccc1)NCCCn1cncn1. The van der Waals surface area contributed by atoms with Crippen LogP contribution >= 0.6 is 0 Å². The van der Waals surface area contributed by atoms with E-state index in [9.17, 15) is 8.42 Å². The summed E-state index contributed by atoms with van der Waals surface area (Å²) >= 11 is 0. The zero-order chi connectivity index (χ0) is 14.3. The molecule has 0 bridgehead atoms. The number of hydrogen-bond acceptors (Lipinski definition) is 4. The molecule has 0 fully saturated rings. The summed E-state index contributed by atoms with van der Waals surface area (Å²) < 4.78 is 27.6. The highest BCUT2D eigenvalue weighted by molar-refractivity contribution is 7.92. The van der Waals surface area contributed by atoms with Crippen LogP contribution in [0.3, 0.4) is 0 Å². The van der Waals surface area contributed by atoms with E-state index in [-0.39, 0.29) is 0 Å². The molecule has 0 atom stereocenters. The monoisotopic (exact) mass is 292 g/mol. The van der Waals surface area contributed by atoms with Crippen molar-refractivity contribution in [1.82, 2.24) is 19.5 Å². The van der Waals surface area contributed by atoms with E-state index in [0.29, 0.717) is 19.5 Å². The van der Waals surface area contributed by atoms with Crippen LogP contribution in [-0.2, 0) is 16.6 Å². The molecular formula is C13H16N4O2S. The molecule has 0 aliphatic carbocycles. The second-order valence-electron chi connectivity index (χ2n) is 4.16.